The summed E-state index contributed by atoms with van der Waals surface area (Å²) in [5, 5.41) is 13.4. The quantitative estimate of drug-likeness (QED) is 0.346. The summed E-state index contributed by atoms with van der Waals surface area (Å²) >= 11 is 8.80. The Labute approximate surface area is 224 Å². The molecule has 0 fully saturated rings. The van der Waals surface area contributed by atoms with Crippen molar-refractivity contribution >= 4 is 51.5 Å². The van der Waals surface area contributed by atoms with Crippen LogP contribution in [0, 0.1) is 12.8 Å². The number of aryl methyl sites for hydroxylation is 1. The molecular weight excluding hydrogens is 518 g/mol. The van der Waals surface area contributed by atoms with Crippen LogP contribution in [0.2, 0.25) is 5.02 Å². The highest BCUT2D eigenvalue weighted by molar-refractivity contribution is 7.99. The zero-order valence-corrected chi connectivity index (χ0v) is 23.1. The monoisotopic (exact) mass is 547 g/mol. The van der Waals surface area contributed by atoms with Gasteiger partial charge in [-0.05, 0) is 75.3 Å². The first-order valence-electron chi connectivity index (χ1n) is 11.9. The van der Waals surface area contributed by atoms with Crippen LogP contribution in [0.1, 0.15) is 65.5 Å². The molecule has 0 radical (unpaired) electrons. The van der Waals surface area contributed by atoms with Crippen LogP contribution in [-0.4, -0.2) is 32.3 Å². The SMILES string of the molecule is CCn1c(SCC(=O)Nc2sc3c(c2C(N)=O)CCC(C)C3)nnc1C(C)Oc1ccc(Cl)cc1C. The molecule has 0 saturated heterocycles. The number of thiophene rings is 1. The fourth-order valence-corrected chi connectivity index (χ4v) is 6.85. The van der Waals surface area contributed by atoms with Crippen LogP contribution in [0.5, 0.6) is 5.75 Å². The molecule has 2 unspecified atom stereocenters. The van der Waals surface area contributed by atoms with Crippen molar-refractivity contribution in [1.29, 1.82) is 0 Å². The number of ether oxygens (including phenoxy) is 1. The van der Waals surface area contributed by atoms with E-state index in [1.54, 1.807) is 6.07 Å². The fourth-order valence-electron chi connectivity index (χ4n) is 4.39. The summed E-state index contributed by atoms with van der Waals surface area (Å²) in [6.07, 6.45) is 2.39. The summed E-state index contributed by atoms with van der Waals surface area (Å²) < 4.78 is 8.06. The van der Waals surface area contributed by atoms with Gasteiger partial charge in [0.15, 0.2) is 17.1 Å². The zero-order chi connectivity index (χ0) is 26.0. The minimum atomic E-state index is -0.495. The zero-order valence-electron chi connectivity index (χ0n) is 20.8. The molecule has 36 heavy (non-hydrogen) atoms. The largest absolute Gasteiger partial charge is 0.482 e. The summed E-state index contributed by atoms with van der Waals surface area (Å²) in [6.45, 7) is 8.67. The maximum atomic E-state index is 12.8. The predicted octanol–water partition coefficient (Wildman–Crippen LogP) is 5.42. The number of rotatable bonds is 9. The van der Waals surface area contributed by atoms with Gasteiger partial charge in [0.2, 0.25) is 5.91 Å². The lowest BCUT2D eigenvalue weighted by atomic mass is 9.88. The molecule has 0 bridgehead atoms. The average Bonchev–Trinajstić information content (AvgIpc) is 3.39. The van der Waals surface area contributed by atoms with Crippen LogP contribution in [-0.2, 0) is 24.2 Å². The lowest BCUT2D eigenvalue weighted by molar-refractivity contribution is -0.113. The van der Waals surface area contributed by atoms with E-state index in [9.17, 15) is 9.59 Å². The Hall–Kier alpha value is -2.56. The maximum absolute atomic E-state index is 12.8. The van der Waals surface area contributed by atoms with Crippen molar-refractivity contribution in [2.24, 2.45) is 11.7 Å². The second-order valence-electron chi connectivity index (χ2n) is 9.01. The van der Waals surface area contributed by atoms with Gasteiger partial charge in [-0.2, -0.15) is 0 Å². The number of fused-ring (bicyclic) bond motifs is 1. The molecule has 2 aromatic heterocycles. The van der Waals surface area contributed by atoms with E-state index in [-0.39, 0.29) is 17.8 Å². The van der Waals surface area contributed by atoms with Crippen LogP contribution in [0.15, 0.2) is 23.4 Å². The molecule has 11 heteroatoms. The topological polar surface area (TPSA) is 112 Å². The molecule has 2 heterocycles. The lowest BCUT2D eigenvalue weighted by Crippen LogP contribution is -2.20. The third-order valence-corrected chi connectivity index (χ3v) is 8.58. The van der Waals surface area contributed by atoms with Gasteiger partial charge in [-0.25, -0.2) is 0 Å². The van der Waals surface area contributed by atoms with E-state index in [0.717, 1.165) is 41.0 Å². The molecule has 192 valence electrons. The molecule has 2 amide bonds. The maximum Gasteiger partial charge on any atom is 0.251 e. The van der Waals surface area contributed by atoms with Crippen molar-refractivity contribution in [3.63, 3.8) is 0 Å². The van der Waals surface area contributed by atoms with E-state index in [4.69, 9.17) is 22.1 Å². The van der Waals surface area contributed by atoms with E-state index in [1.807, 2.05) is 37.5 Å². The van der Waals surface area contributed by atoms with Crippen molar-refractivity contribution in [1.82, 2.24) is 14.8 Å². The van der Waals surface area contributed by atoms with Crippen LogP contribution < -0.4 is 15.8 Å². The number of carbonyl (C=O) groups excluding carboxylic acids is 2. The number of thioether (sulfide) groups is 1. The summed E-state index contributed by atoms with van der Waals surface area (Å²) in [5.41, 5.74) is 8.06. The predicted molar refractivity (Wildman–Crippen MR) is 144 cm³/mol. The third-order valence-electron chi connectivity index (χ3n) is 6.21. The standard InChI is InChI=1S/C25H30ClN5O3S2/c1-5-31-23(15(4)34-18-9-7-16(26)11-14(18)3)29-30-25(31)35-12-20(32)28-24-21(22(27)33)17-8-6-13(2)10-19(17)36-24/h7,9,11,13,15H,5-6,8,10,12H2,1-4H3,(H2,27,33)(H,28,32). The van der Waals surface area contributed by atoms with Crippen molar-refractivity contribution in [2.75, 3.05) is 11.1 Å². The van der Waals surface area contributed by atoms with E-state index >= 15 is 0 Å². The van der Waals surface area contributed by atoms with Gasteiger partial charge in [-0.1, -0.05) is 30.3 Å². The molecule has 3 N–H and O–H groups in total. The van der Waals surface area contributed by atoms with Gasteiger partial charge >= 0.3 is 0 Å². The van der Waals surface area contributed by atoms with Gasteiger partial charge in [0.05, 0.1) is 11.3 Å². The number of anilines is 1. The van der Waals surface area contributed by atoms with Crippen LogP contribution in [0.3, 0.4) is 0 Å². The molecule has 8 nitrogen and oxygen atoms in total. The summed E-state index contributed by atoms with van der Waals surface area (Å²) in [6, 6.07) is 5.47. The molecule has 2 atom stereocenters. The van der Waals surface area contributed by atoms with Gasteiger partial charge in [-0.3, -0.25) is 9.59 Å². The van der Waals surface area contributed by atoms with Crippen LogP contribution >= 0.6 is 34.7 Å². The first-order chi connectivity index (χ1) is 17.2. The van der Waals surface area contributed by atoms with E-state index in [0.29, 0.717) is 39.0 Å². The number of amides is 2. The van der Waals surface area contributed by atoms with Crippen molar-refractivity contribution in [3.05, 3.63) is 50.6 Å². The number of nitrogens with zero attached hydrogens (tertiary/aromatic N) is 3. The Morgan fingerprint density at radius 3 is 2.86 bits per heavy atom. The van der Waals surface area contributed by atoms with E-state index in [1.165, 1.54) is 23.1 Å². The number of hydrogen-bond donors (Lipinski definition) is 2. The molecule has 1 aromatic carbocycles. The van der Waals surface area contributed by atoms with Gasteiger partial charge in [0.1, 0.15) is 10.8 Å². The van der Waals surface area contributed by atoms with Crippen molar-refractivity contribution < 1.29 is 14.3 Å². The third kappa shape index (κ3) is 5.71. The normalized spacial score (nSPS) is 15.9. The molecule has 0 spiro atoms. The van der Waals surface area contributed by atoms with Gasteiger partial charge in [-0.15, -0.1) is 21.5 Å². The van der Waals surface area contributed by atoms with Gasteiger partial charge < -0.3 is 20.4 Å². The Bertz CT molecular complexity index is 1290. The number of halogens is 1. The first-order valence-corrected chi connectivity index (χ1v) is 14.1. The molecule has 0 saturated carbocycles. The van der Waals surface area contributed by atoms with Crippen LogP contribution in [0.4, 0.5) is 5.00 Å². The van der Waals surface area contributed by atoms with Crippen molar-refractivity contribution in [3.8, 4) is 5.75 Å². The Morgan fingerprint density at radius 1 is 1.39 bits per heavy atom. The summed E-state index contributed by atoms with van der Waals surface area (Å²) in [5.74, 6) is 1.37. The average molecular weight is 548 g/mol. The van der Waals surface area contributed by atoms with Crippen molar-refractivity contribution in [2.45, 2.75) is 64.8 Å². The number of hydrogen-bond acceptors (Lipinski definition) is 7. The lowest BCUT2D eigenvalue weighted by Gasteiger charge is -2.18. The Kier molecular flexibility index (Phi) is 8.27. The Balaban J connectivity index is 1.43. The number of carbonyl (C=O) groups is 2. The van der Waals surface area contributed by atoms with Crippen LogP contribution in [0.25, 0.3) is 0 Å². The number of primary amides is 1. The minimum absolute atomic E-state index is 0.126. The van der Waals surface area contributed by atoms with Gasteiger partial charge in [0, 0.05) is 16.4 Å². The molecule has 3 aromatic rings. The van der Waals surface area contributed by atoms with E-state index < -0.39 is 5.91 Å². The highest BCUT2D eigenvalue weighted by Crippen LogP contribution is 2.39. The fraction of sp³-hybridized carbons (Fsp3) is 0.440. The molecule has 0 aliphatic heterocycles. The first kappa shape index (κ1) is 26.5. The molecule has 1 aliphatic rings. The second kappa shape index (κ2) is 11.2. The number of aromatic nitrogens is 3. The molecule has 4 rings (SSSR count). The van der Waals surface area contributed by atoms with E-state index in [2.05, 4.69) is 22.4 Å². The smallest absolute Gasteiger partial charge is 0.251 e. The minimum Gasteiger partial charge on any atom is -0.482 e. The number of nitrogens with one attached hydrogen (secondary N) is 1. The number of nitrogens with two attached hydrogens (primary N) is 1. The molecular formula is C25H30ClN5O3S2. The summed E-state index contributed by atoms with van der Waals surface area (Å²) in [4.78, 5) is 26.1. The molecule has 1 aliphatic carbocycles. The Morgan fingerprint density at radius 2 is 2.17 bits per heavy atom. The second-order valence-corrected chi connectivity index (χ2v) is 11.5. The van der Waals surface area contributed by atoms with Gasteiger partial charge in [0.25, 0.3) is 5.91 Å². The number of benzene rings is 1. The highest BCUT2D eigenvalue weighted by atomic mass is 35.5. The summed E-state index contributed by atoms with van der Waals surface area (Å²) in [7, 11) is 0. The highest BCUT2D eigenvalue weighted by Gasteiger charge is 2.27.